The SMILES string of the molecule is CC1(C)CC(=O)c2c(C(F)(F)F)cn(-c3ccc(C(N)=O)c(NC4CCCC4)c3)c2C1. The molecule has 0 bridgehead atoms. The summed E-state index contributed by atoms with van der Waals surface area (Å²) in [6.07, 6.45) is 0.869. The monoisotopic (exact) mass is 433 g/mol. The Bertz CT molecular complexity index is 1050. The van der Waals surface area contributed by atoms with E-state index in [1.807, 2.05) is 13.8 Å². The van der Waals surface area contributed by atoms with Gasteiger partial charge in [0.25, 0.3) is 5.91 Å². The number of carbonyl (C=O) groups is 2. The topological polar surface area (TPSA) is 77.1 Å². The molecule has 3 N–H and O–H groups in total. The lowest BCUT2D eigenvalue weighted by Crippen LogP contribution is -2.29. The van der Waals surface area contributed by atoms with E-state index in [9.17, 15) is 22.8 Å². The smallest absolute Gasteiger partial charge is 0.382 e. The lowest BCUT2D eigenvalue weighted by molar-refractivity contribution is -0.137. The summed E-state index contributed by atoms with van der Waals surface area (Å²) < 4.78 is 42.7. The first-order valence-electron chi connectivity index (χ1n) is 10.5. The maximum absolute atomic E-state index is 13.8. The fraction of sp³-hybridized carbons (Fsp3) is 0.478. The summed E-state index contributed by atoms with van der Waals surface area (Å²) in [5, 5.41) is 3.34. The Morgan fingerprint density at radius 2 is 1.87 bits per heavy atom. The van der Waals surface area contributed by atoms with E-state index in [-0.39, 0.29) is 18.0 Å². The number of Topliss-reactive ketones (excluding diaryl/α,β-unsaturated/α-hetero) is 1. The maximum atomic E-state index is 13.8. The molecule has 0 saturated heterocycles. The van der Waals surface area contributed by atoms with Crippen molar-refractivity contribution in [2.75, 3.05) is 5.32 Å². The molecular formula is C23H26F3N3O2. The van der Waals surface area contributed by atoms with Gasteiger partial charge in [0.2, 0.25) is 0 Å². The fourth-order valence-electron chi connectivity index (χ4n) is 4.82. The molecule has 0 atom stereocenters. The summed E-state index contributed by atoms with van der Waals surface area (Å²) in [5.74, 6) is -1.09. The molecule has 2 aliphatic rings. The molecule has 1 saturated carbocycles. The van der Waals surface area contributed by atoms with E-state index in [1.54, 1.807) is 12.1 Å². The third kappa shape index (κ3) is 4.07. The predicted octanol–water partition coefficient (Wildman–Crippen LogP) is 5.10. The Morgan fingerprint density at radius 3 is 2.48 bits per heavy atom. The average Bonchev–Trinajstić information content (AvgIpc) is 3.27. The number of ketones is 1. The van der Waals surface area contributed by atoms with Crippen LogP contribution in [-0.2, 0) is 12.6 Å². The first-order valence-corrected chi connectivity index (χ1v) is 10.5. The van der Waals surface area contributed by atoms with Crippen LogP contribution < -0.4 is 11.1 Å². The van der Waals surface area contributed by atoms with Crippen molar-refractivity contribution in [1.29, 1.82) is 0 Å². The second-order valence-corrected chi connectivity index (χ2v) is 9.39. The van der Waals surface area contributed by atoms with E-state index in [2.05, 4.69) is 5.32 Å². The van der Waals surface area contributed by atoms with Gasteiger partial charge in [-0.2, -0.15) is 13.2 Å². The number of hydrogen-bond acceptors (Lipinski definition) is 3. The first-order chi connectivity index (χ1) is 14.5. The van der Waals surface area contributed by atoms with E-state index in [0.29, 0.717) is 29.1 Å². The molecule has 2 aliphatic carbocycles. The quantitative estimate of drug-likeness (QED) is 0.704. The number of aromatic nitrogens is 1. The third-order valence-corrected chi connectivity index (χ3v) is 6.24. The van der Waals surface area contributed by atoms with Gasteiger partial charge in [0.1, 0.15) is 0 Å². The molecule has 0 spiro atoms. The Balaban J connectivity index is 1.86. The van der Waals surface area contributed by atoms with Crippen molar-refractivity contribution >= 4 is 17.4 Å². The van der Waals surface area contributed by atoms with E-state index >= 15 is 0 Å². The summed E-state index contributed by atoms with van der Waals surface area (Å²) in [5.41, 5.74) is 5.55. The molecule has 0 radical (unpaired) electrons. The molecule has 31 heavy (non-hydrogen) atoms. The summed E-state index contributed by atoms with van der Waals surface area (Å²) in [7, 11) is 0. The van der Waals surface area contributed by atoms with Gasteiger partial charge in [-0.25, -0.2) is 0 Å². The van der Waals surface area contributed by atoms with Gasteiger partial charge in [0.05, 0.1) is 16.7 Å². The minimum absolute atomic E-state index is 0.0716. The summed E-state index contributed by atoms with van der Waals surface area (Å²) in [6, 6.07) is 4.96. The standard InChI is InChI=1S/C23H26F3N3O2/c1-22(2)10-18-20(19(30)11-22)16(23(24,25)26)12-29(18)14-7-8-15(21(27)31)17(9-14)28-13-5-3-4-6-13/h7-9,12-13,28H,3-6,10-11H2,1-2H3,(H2,27,31). The van der Waals surface area contributed by atoms with Crippen molar-refractivity contribution in [3.8, 4) is 5.69 Å². The molecule has 4 rings (SSSR count). The molecule has 1 aromatic heterocycles. The number of rotatable bonds is 4. The van der Waals surface area contributed by atoms with Crippen molar-refractivity contribution < 1.29 is 22.8 Å². The van der Waals surface area contributed by atoms with Crippen LogP contribution in [0.4, 0.5) is 18.9 Å². The Kier molecular flexibility index (Phi) is 5.14. The van der Waals surface area contributed by atoms with Crippen LogP contribution in [0.25, 0.3) is 5.69 Å². The average molecular weight is 433 g/mol. The minimum atomic E-state index is -4.63. The number of nitrogens with one attached hydrogen (secondary N) is 1. The number of carbonyl (C=O) groups excluding carboxylic acids is 2. The van der Waals surface area contributed by atoms with Crippen LogP contribution in [-0.4, -0.2) is 22.3 Å². The van der Waals surface area contributed by atoms with Crippen molar-refractivity contribution in [3.05, 3.63) is 46.8 Å². The van der Waals surface area contributed by atoms with Crippen molar-refractivity contribution in [2.45, 2.75) is 64.6 Å². The van der Waals surface area contributed by atoms with Gasteiger partial charge in [-0.05, 0) is 42.9 Å². The summed E-state index contributed by atoms with van der Waals surface area (Å²) in [4.78, 5) is 24.6. The zero-order valence-electron chi connectivity index (χ0n) is 17.6. The molecule has 1 amide bonds. The zero-order valence-corrected chi connectivity index (χ0v) is 17.6. The zero-order chi connectivity index (χ0) is 22.6. The van der Waals surface area contributed by atoms with Crippen LogP contribution in [0, 0.1) is 5.41 Å². The first kappa shape index (κ1) is 21.5. The molecule has 5 nitrogen and oxygen atoms in total. The number of anilines is 1. The van der Waals surface area contributed by atoms with Crippen molar-refractivity contribution in [3.63, 3.8) is 0 Å². The molecule has 1 heterocycles. The van der Waals surface area contributed by atoms with E-state index in [0.717, 1.165) is 31.9 Å². The summed E-state index contributed by atoms with van der Waals surface area (Å²) >= 11 is 0. The Labute approximate surface area is 178 Å². The largest absolute Gasteiger partial charge is 0.418 e. The number of alkyl halides is 3. The van der Waals surface area contributed by atoms with Crippen LogP contribution >= 0.6 is 0 Å². The second-order valence-electron chi connectivity index (χ2n) is 9.39. The van der Waals surface area contributed by atoms with Crippen LogP contribution in [0.5, 0.6) is 0 Å². The number of halogens is 3. The molecule has 8 heteroatoms. The number of nitrogens with zero attached hydrogens (tertiary/aromatic N) is 1. The summed E-state index contributed by atoms with van der Waals surface area (Å²) in [6.45, 7) is 3.75. The molecule has 2 aromatic rings. The van der Waals surface area contributed by atoms with Crippen LogP contribution in [0.2, 0.25) is 0 Å². The lowest BCUT2D eigenvalue weighted by Gasteiger charge is -2.30. The highest BCUT2D eigenvalue weighted by Crippen LogP contribution is 2.43. The van der Waals surface area contributed by atoms with Gasteiger partial charge >= 0.3 is 6.18 Å². The predicted molar refractivity (Wildman–Crippen MR) is 112 cm³/mol. The number of primary amides is 1. The van der Waals surface area contributed by atoms with Gasteiger partial charge in [-0.1, -0.05) is 26.7 Å². The third-order valence-electron chi connectivity index (χ3n) is 6.24. The van der Waals surface area contributed by atoms with E-state index in [1.165, 1.54) is 10.6 Å². The van der Waals surface area contributed by atoms with E-state index < -0.39 is 28.8 Å². The Morgan fingerprint density at radius 1 is 1.19 bits per heavy atom. The molecule has 0 aliphatic heterocycles. The number of benzene rings is 1. The lowest BCUT2D eigenvalue weighted by atomic mass is 9.75. The van der Waals surface area contributed by atoms with Gasteiger partial charge in [-0.3, -0.25) is 9.59 Å². The van der Waals surface area contributed by atoms with Gasteiger partial charge < -0.3 is 15.6 Å². The van der Waals surface area contributed by atoms with Gasteiger partial charge in [0, 0.05) is 35.7 Å². The number of fused-ring (bicyclic) bond motifs is 1. The van der Waals surface area contributed by atoms with Crippen LogP contribution in [0.1, 0.15) is 77.9 Å². The van der Waals surface area contributed by atoms with Crippen LogP contribution in [0.3, 0.4) is 0 Å². The number of nitrogens with two attached hydrogens (primary N) is 1. The number of hydrogen-bond donors (Lipinski definition) is 2. The Hall–Kier alpha value is -2.77. The molecule has 1 aromatic carbocycles. The highest BCUT2D eigenvalue weighted by molar-refractivity contribution is 6.01. The second kappa shape index (κ2) is 7.43. The molecule has 1 fully saturated rings. The van der Waals surface area contributed by atoms with Crippen molar-refractivity contribution in [2.24, 2.45) is 11.1 Å². The highest BCUT2D eigenvalue weighted by Gasteiger charge is 2.43. The van der Waals surface area contributed by atoms with Gasteiger partial charge in [-0.15, -0.1) is 0 Å². The van der Waals surface area contributed by atoms with Gasteiger partial charge in [0.15, 0.2) is 5.78 Å². The maximum Gasteiger partial charge on any atom is 0.418 e. The van der Waals surface area contributed by atoms with E-state index in [4.69, 9.17) is 5.73 Å². The van der Waals surface area contributed by atoms with Crippen molar-refractivity contribution in [1.82, 2.24) is 4.57 Å². The normalized spacial score (nSPS) is 18.8. The minimum Gasteiger partial charge on any atom is -0.382 e. The highest BCUT2D eigenvalue weighted by atomic mass is 19.4. The fourth-order valence-corrected chi connectivity index (χ4v) is 4.82. The molecule has 166 valence electrons. The molecular weight excluding hydrogens is 407 g/mol. The molecule has 0 unspecified atom stereocenters. The van der Waals surface area contributed by atoms with Crippen LogP contribution in [0.15, 0.2) is 24.4 Å². The number of amides is 1.